The van der Waals surface area contributed by atoms with Gasteiger partial charge < -0.3 is 9.47 Å². The van der Waals surface area contributed by atoms with Crippen LogP contribution in [0.25, 0.3) is 6.08 Å². The third-order valence-electron chi connectivity index (χ3n) is 4.37. The minimum absolute atomic E-state index is 0.143. The third-order valence-corrected chi connectivity index (χ3v) is 4.37. The lowest BCUT2D eigenvalue weighted by Gasteiger charge is -2.05. The lowest BCUT2D eigenvalue weighted by molar-refractivity contribution is -0.129. The van der Waals surface area contributed by atoms with E-state index in [9.17, 15) is 14.0 Å². The molecule has 0 N–H and O–H groups in total. The van der Waals surface area contributed by atoms with Crippen molar-refractivity contribution in [1.82, 2.24) is 0 Å². The smallest absolute Gasteiger partial charge is 0.363 e. The highest BCUT2D eigenvalue weighted by atomic mass is 19.1. The molecule has 0 unspecified atom stereocenters. The van der Waals surface area contributed by atoms with Gasteiger partial charge in [0.1, 0.15) is 11.6 Å². The summed E-state index contributed by atoms with van der Waals surface area (Å²) in [7, 11) is 0. The number of aliphatic imine (C=N–C) groups is 1. The number of halogens is 1. The summed E-state index contributed by atoms with van der Waals surface area (Å²) < 4.78 is 24.1. The summed E-state index contributed by atoms with van der Waals surface area (Å²) in [6.45, 7) is 1.94. The van der Waals surface area contributed by atoms with Crippen molar-refractivity contribution in [1.29, 1.82) is 0 Å². The number of cyclic esters (lactones) is 1. The van der Waals surface area contributed by atoms with Crippen molar-refractivity contribution >= 4 is 23.9 Å². The van der Waals surface area contributed by atoms with Gasteiger partial charge >= 0.3 is 11.9 Å². The maximum atomic E-state index is 13.7. The predicted molar refractivity (Wildman–Crippen MR) is 110 cm³/mol. The second kappa shape index (κ2) is 8.13. The van der Waals surface area contributed by atoms with Crippen molar-refractivity contribution in [2.45, 2.75) is 6.92 Å². The first kappa shape index (κ1) is 19.3. The first-order valence-electron chi connectivity index (χ1n) is 9.16. The largest absolute Gasteiger partial charge is 0.423 e. The van der Waals surface area contributed by atoms with Gasteiger partial charge in [-0.15, -0.1) is 0 Å². The Labute approximate surface area is 172 Å². The van der Waals surface area contributed by atoms with Gasteiger partial charge in [0.2, 0.25) is 5.90 Å². The average Bonchev–Trinajstić information content (AvgIpc) is 3.10. The molecule has 1 aliphatic rings. The quantitative estimate of drug-likeness (QED) is 0.361. The number of benzene rings is 3. The van der Waals surface area contributed by atoms with Crippen molar-refractivity contribution in [3.05, 3.63) is 107 Å². The third kappa shape index (κ3) is 4.17. The van der Waals surface area contributed by atoms with E-state index in [2.05, 4.69) is 4.99 Å². The first-order chi connectivity index (χ1) is 14.5. The molecule has 4 rings (SSSR count). The molecule has 0 aliphatic carbocycles. The molecule has 0 bridgehead atoms. The number of esters is 2. The Morgan fingerprint density at radius 3 is 2.53 bits per heavy atom. The van der Waals surface area contributed by atoms with Crippen LogP contribution in [0.2, 0.25) is 0 Å². The monoisotopic (exact) mass is 401 g/mol. The molecule has 0 saturated heterocycles. The SMILES string of the molecule is Cc1cccc(C2=NC(=Cc3ccc(OC(=O)c4ccccc4F)cc3)C(=O)O2)c1. The fraction of sp³-hybridized carbons (Fsp3) is 0.0417. The fourth-order valence-electron chi connectivity index (χ4n) is 2.89. The second-order valence-corrected chi connectivity index (χ2v) is 6.64. The Kier molecular flexibility index (Phi) is 5.22. The van der Waals surface area contributed by atoms with E-state index in [1.165, 1.54) is 18.2 Å². The fourth-order valence-corrected chi connectivity index (χ4v) is 2.89. The molecule has 0 amide bonds. The molecular weight excluding hydrogens is 385 g/mol. The molecule has 0 radical (unpaired) electrons. The Morgan fingerprint density at radius 2 is 1.80 bits per heavy atom. The number of hydrogen-bond donors (Lipinski definition) is 0. The van der Waals surface area contributed by atoms with Crippen molar-refractivity contribution in [3.8, 4) is 5.75 Å². The van der Waals surface area contributed by atoms with Crippen LogP contribution in [0.3, 0.4) is 0 Å². The van der Waals surface area contributed by atoms with E-state index < -0.39 is 17.8 Å². The Morgan fingerprint density at radius 1 is 1.03 bits per heavy atom. The Hall–Kier alpha value is -4.06. The van der Waals surface area contributed by atoms with E-state index in [4.69, 9.17) is 9.47 Å². The van der Waals surface area contributed by atoms with Gasteiger partial charge in [-0.25, -0.2) is 19.0 Å². The molecule has 148 valence electrons. The van der Waals surface area contributed by atoms with E-state index in [0.717, 1.165) is 11.1 Å². The van der Waals surface area contributed by atoms with Gasteiger partial charge in [-0.2, -0.15) is 0 Å². The predicted octanol–water partition coefficient (Wildman–Crippen LogP) is 4.70. The zero-order valence-corrected chi connectivity index (χ0v) is 16.0. The van der Waals surface area contributed by atoms with Gasteiger partial charge in [0.15, 0.2) is 5.70 Å². The average molecular weight is 401 g/mol. The van der Waals surface area contributed by atoms with Gasteiger partial charge in [0.25, 0.3) is 0 Å². The summed E-state index contributed by atoms with van der Waals surface area (Å²) >= 11 is 0. The highest BCUT2D eigenvalue weighted by Crippen LogP contribution is 2.21. The van der Waals surface area contributed by atoms with Crippen molar-refractivity contribution in [2.75, 3.05) is 0 Å². The first-order valence-corrected chi connectivity index (χ1v) is 9.16. The van der Waals surface area contributed by atoms with Crippen molar-refractivity contribution < 1.29 is 23.5 Å². The van der Waals surface area contributed by atoms with Crippen LogP contribution in [-0.2, 0) is 9.53 Å². The number of aryl methyl sites for hydroxylation is 1. The highest BCUT2D eigenvalue weighted by molar-refractivity contribution is 6.12. The van der Waals surface area contributed by atoms with E-state index >= 15 is 0 Å². The normalized spacial score (nSPS) is 14.4. The van der Waals surface area contributed by atoms with Crippen LogP contribution < -0.4 is 4.74 Å². The molecule has 0 spiro atoms. The number of ether oxygens (including phenoxy) is 2. The van der Waals surface area contributed by atoms with Gasteiger partial charge in [0, 0.05) is 5.56 Å². The second-order valence-electron chi connectivity index (χ2n) is 6.64. The summed E-state index contributed by atoms with van der Waals surface area (Å²) in [5.74, 6) is -1.47. The van der Waals surface area contributed by atoms with E-state index in [0.29, 0.717) is 5.56 Å². The molecule has 30 heavy (non-hydrogen) atoms. The summed E-state index contributed by atoms with van der Waals surface area (Å²) in [6, 6.07) is 19.5. The molecule has 0 atom stereocenters. The maximum Gasteiger partial charge on any atom is 0.363 e. The molecule has 1 aliphatic heterocycles. The van der Waals surface area contributed by atoms with Crippen LogP contribution in [0.15, 0.2) is 83.5 Å². The molecule has 1 heterocycles. The van der Waals surface area contributed by atoms with Crippen LogP contribution in [-0.4, -0.2) is 17.8 Å². The lowest BCUT2D eigenvalue weighted by atomic mass is 10.1. The van der Waals surface area contributed by atoms with Gasteiger partial charge in [0.05, 0.1) is 5.56 Å². The molecule has 3 aromatic carbocycles. The van der Waals surface area contributed by atoms with E-state index in [1.807, 2.05) is 31.2 Å². The number of carbonyl (C=O) groups excluding carboxylic acids is 2. The molecule has 5 nitrogen and oxygen atoms in total. The molecule has 0 fully saturated rings. The van der Waals surface area contributed by atoms with Crippen LogP contribution in [0.1, 0.15) is 27.0 Å². The zero-order chi connectivity index (χ0) is 21.1. The topological polar surface area (TPSA) is 65.0 Å². The number of hydrogen-bond acceptors (Lipinski definition) is 5. The molecule has 0 aromatic heterocycles. The van der Waals surface area contributed by atoms with Crippen molar-refractivity contribution in [3.63, 3.8) is 0 Å². The van der Waals surface area contributed by atoms with Gasteiger partial charge in [-0.3, -0.25) is 0 Å². The highest BCUT2D eigenvalue weighted by Gasteiger charge is 2.24. The number of carbonyl (C=O) groups is 2. The molecule has 3 aromatic rings. The Bertz CT molecular complexity index is 1200. The lowest BCUT2D eigenvalue weighted by Crippen LogP contribution is -2.10. The Balaban J connectivity index is 1.50. The number of rotatable bonds is 4. The minimum atomic E-state index is -0.786. The summed E-state index contributed by atoms with van der Waals surface area (Å²) in [5, 5.41) is 0. The molecule has 6 heteroatoms. The molecule has 0 saturated carbocycles. The van der Waals surface area contributed by atoms with Gasteiger partial charge in [-0.05, 0) is 55.0 Å². The van der Waals surface area contributed by atoms with E-state index in [-0.39, 0.29) is 22.9 Å². The maximum absolute atomic E-state index is 13.7. The molecular formula is C24H16FNO4. The minimum Gasteiger partial charge on any atom is -0.423 e. The standard InChI is InChI=1S/C24H16FNO4/c1-15-5-4-6-17(13-15)22-26-21(24(28)30-22)14-16-9-11-18(12-10-16)29-23(27)19-7-2-3-8-20(19)25/h2-14H,1H3. The van der Waals surface area contributed by atoms with Gasteiger partial charge in [-0.1, -0.05) is 42.0 Å². The van der Waals surface area contributed by atoms with Crippen LogP contribution in [0.4, 0.5) is 4.39 Å². The zero-order valence-electron chi connectivity index (χ0n) is 16.0. The summed E-state index contributed by atoms with van der Waals surface area (Å²) in [6.07, 6.45) is 1.58. The van der Waals surface area contributed by atoms with Crippen LogP contribution in [0, 0.1) is 12.7 Å². The van der Waals surface area contributed by atoms with Crippen molar-refractivity contribution in [2.24, 2.45) is 4.99 Å². The van der Waals surface area contributed by atoms with Crippen LogP contribution >= 0.6 is 0 Å². The summed E-state index contributed by atoms with van der Waals surface area (Å²) in [5.41, 5.74) is 2.45. The van der Waals surface area contributed by atoms with E-state index in [1.54, 1.807) is 36.4 Å². The number of nitrogens with zero attached hydrogens (tertiary/aromatic N) is 1. The summed E-state index contributed by atoms with van der Waals surface area (Å²) in [4.78, 5) is 28.5. The van der Waals surface area contributed by atoms with Crippen LogP contribution in [0.5, 0.6) is 5.75 Å².